The lowest BCUT2D eigenvalue weighted by Gasteiger charge is -2.18. The molecule has 0 amide bonds. The van der Waals surface area contributed by atoms with Crippen molar-refractivity contribution in [2.75, 3.05) is 13.2 Å². The Morgan fingerprint density at radius 1 is 0.370 bits per heavy atom. The molecule has 0 spiro atoms. The summed E-state index contributed by atoms with van der Waals surface area (Å²) in [6, 6.07) is 0. The fraction of sp³-hybridized carbons (Fsp3) is 0.771. The van der Waals surface area contributed by atoms with E-state index in [1.807, 2.05) is 0 Å². The van der Waals surface area contributed by atoms with Crippen molar-refractivity contribution in [2.45, 2.75) is 226 Å². The predicted molar refractivity (Wildman–Crippen MR) is 229 cm³/mol. The molecule has 0 fully saturated rings. The highest BCUT2D eigenvalue weighted by atomic mass is 16.6. The molecule has 1 atom stereocenters. The summed E-state index contributed by atoms with van der Waals surface area (Å²) in [7, 11) is 0. The molecule has 6 nitrogen and oxygen atoms in total. The second kappa shape index (κ2) is 43.1. The Kier molecular flexibility index (Phi) is 41.0. The van der Waals surface area contributed by atoms with Gasteiger partial charge in [-0.2, -0.15) is 0 Å². The third-order valence-electron chi connectivity index (χ3n) is 9.59. The van der Waals surface area contributed by atoms with Gasteiger partial charge in [-0.3, -0.25) is 14.4 Å². The zero-order chi connectivity index (χ0) is 39.4. The molecule has 0 saturated heterocycles. The van der Waals surface area contributed by atoms with E-state index < -0.39 is 6.10 Å². The minimum absolute atomic E-state index is 0.0878. The monoisotopic (exact) mass is 757 g/mol. The van der Waals surface area contributed by atoms with Gasteiger partial charge in [0.25, 0.3) is 0 Å². The van der Waals surface area contributed by atoms with Crippen molar-refractivity contribution in [1.82, 2.24) is 0 Å². The van der Waals surface area contributed by atoms with E-state index in [0.29, 0.717) is 19.3 Å². The number of ether oxygens (including phenoxy) is 3. The molecular formula is C48H84O6. The van der Waals surface area contributed by atoms with E-state index in [2.05, 4.69) is 69.4 Å². The van der Waals surface area contributed by atoms with Crippen molar-refractivity contribution in [2.24, 2.45) is 0 Å². The van der Waals surface area contributed by atoms with Crippen LogP contribution in [0.1, 0.15) is 220 Å². The molecule has 0 aliphatic rings. The average Bonchev–Trinajstić information content (AvgIpc) is 3.17. The molecule has 6 heteroatoms. The molecule has 0 aliphatic heterocycles. The third kappa shape index (κ3) is 40.6. The maximum absolute atomic E-state index is 12.7. The number of rotatable bonds is 40. The van der Waals surface area contributed by atoms with Crippen LogP contribution in [0.2, 0.25) is 0 Å². The molecule has 0 aromatic heterocycles. The lowest BCUT2D eigenvalue weighted by Crippen LogP contribution is -2.30. The molecule has 0 saturated carbocycles. The number of carbonyl (C=O) groups is 3. The molecule has 0 aromatic carbocycles. The van der Waals surface area contributed by atoms with Gasteiger partial charge in [-0.05, 0) is 57.8 Å². The Morgan fingerprint density at radius 2 is 0.685 bits per heavy atom. The van der Waals surface area contributed by atoms with Crippen molar-refractivity contribution in [3.63, 3.8) is 0 Å². The van der Waals surface area contributed by atoms with Gasteiger partial charge >= 0.3 is 17.9 Å². The second-order valence-electron chi connectivity index (χ2n) is 15.0. The number of unbranched alkanes of at least 4 members (excludes halogenated alkanes) is 21. The smallest absolute Gasteiger partial charge is 0.306 e. The van der Waals surface area contributed by atoms with E-state index in [1.54, 1.807) is 0 Å². The second-order valence-corrected chi connectivity index (χ2v) is 15.0. The van der Waals surface area contributed by atoms with Gasteiger partial charge in [0.2, 0.25) is 0 Å². The highest BCUT2D eigenvalue weighted by Gasteiger charge is 2.19. The van der Waals surface area contributed by atoms with Crippen molar-refractivity contribution < 1.29 is 28.6 Å². The number of carbonyl (C=O) groups excluding carboxylic acids is 3. The molecule has 54 heavy (non-hydrogen) atoms. The normalized spacial score (nSPS) is 12.4. The highest BCUT2D eigenvalue weighted by molar-refractivity contribution is 5.71. The first-order valence-corrected chi connectivity index (χ1v) is 22.6. The van der Waals surface area contributed by atoms with Gasteiger partial charge in [-0.1, -0.05) is 191 Å². The zero-order valence-electron chi connectivity index (χ0n) is 35.5. The zero-order valence-corrected chi connectivity index (χ0v) is 35.5. The summed E-state index contributed by atoms with van der Waals surface area (Å²) in [5, 5.41) is 0. The molecule has 0 aromatic rings. The van der Waals surface area contributed by atoms with Crippen LogP contribution in [-0.2, 0) is 28.6 Å². The molecule has 0 N–H and O–H groups in total. The largest absolute Gasteiger partial charge is 0.462 e. The molecule has 0 unspecified atom stereocenters. The van der Waals surface area contributed by atoms with Gasteiger partial charge in [-0.25, -0.2) is 0 Å². The Labute approximate surface area is 333 Å². The summed E-state index contributed by atoms with van der Waals surface area (Å²) in [6.07, 6.45) is 49.6. The molecule has 0 rings (SSSR count). The van der Waals surface area contributed by atoms with Gasteiger partial charge < -0.3 is 14.2 Å². The third-order valence-corrected chi connectivity index (χ3v) is 9.59. The first-order valence-electron chi connectivity index (χ1n) is 22.6. The Bertz CT molecular complexity index is 964. The van der Waals surface area contributed by atoms with Crippen LogP contribution in [0.3, 0.4) is 0 Å². The predicted octanol–water partition coefficient (Wildman–Crippen LogP) is 14.4. The van der Waals surface area contributed by atoms with Gasteiger partial charge in [0.15, 0.2) is 6.10 Å². The van der Waals surface area contributed by atoms with Crippen LogP contribution >= 0.6 is 0 Å². The SMILES string of the molecule is CCCCC/C=C\C/C=C\C/C=C\C/C=C\CCCC(=O)OC[C@@H](COC(=O)CCCCCCCCCCC)OC(=O)CCCCCCCCCCCC. The van der Waals surface area contributed by atoms with Crippen LogP contribution in [0.5, 0.6) is 0 Å². The van der Waals surface area contributed by atoms with Crippen LogP contribution in [0.4, 0.5) is 0 Å². The number of allylic oxidation sites excluding steroid dienone is 8. The lowest BCUT2D eigenvalue weighted by atomic mass is 10.1. The molecular weight excluding hydrogens is 673 g/mol. The summed E-state index contributed by atoms with van der Waals surface area (Å²) in [4.78, 5) is 37.6. The van der Waals surface area contributed by atoms with E-state index in [0.717, 1.165) is 64.2 Å². The van der Waals surface area contributed by atoms with Crippen molar-refractivity contribution in [3.05, 3.63) is 48.6 Å². The summed E-state index contributed by atoms with van der Waals surface area (Å²) >= 11 is 0. The summed E-state index contributed by atoms with van der Waals surface area (Å²) in [6.45, 7) is 6.52. The van der Waals surface area contributed by atoms with E-state index >= 15 is 0 Å². The van der Waals surface area contributed by atoms with Crippen LogP contribution < -0.4 is 0 Å². The van der Waals surface area contributed by atoms with Crippen LogP contribution in [0.15, 0.2) is 48.6 Å². The van der Waals surface area contributed by atoms with E-state index in [9.17, 15) is 14.4 Å². The van der Waals surface area contributed by atoms with Gasteiger partial charge in [-0.15, -0.1) is 0 Å². The van der Waals surface area contributed by atoms with E-state index in [4.69, 9.17) is 14.2 Å². The number of hydrogen-bond donors (Lipinski definition) is 0. The first-order chi connectivity index (χ1) is 26.5. The molecule has 0 bridgehead atoms. The van der Waals surface area contributed by atoms with Crippen molar-refractivity contribution in [1.29, 1.82) is 0 Å². The fourth-order valence-electron chi connectivity index (χ4n) is 6.14. The van der Waals surface area contributed by atoms with E-state index in [1.165, 1.54) is 109 Å². The number of esters is 3. The molecule has 0 radical (unpaired) electrons. The summed E-state index contributed by atoms with van der Waals surface area (Å²) < 4.78 is 16.6. The quantitative estimate of drug-likeness (QED) is 0.0268. The number of hydrogen-bond acceptors (Lipinski definition) is 6. The van der Waals surface area contributed by atoms with Crippen molar-refractivity contribution in [3.8, 4) is 0 Å². The Hall–Kier alpha value is -2.63. The Balaban J connectivity index is 4.41. The van der Waals surface area contributed by atoms with Crippen molar-refractivity contribution >= 4 is 17.9 Å². The maximum atomic E-state index is 12.7. The van der Waals surface area contributed by atoms with Gasteiger partial charge in [0.05, 0.1) is 0 Å². The Morgan fingerprint density at radius 3 is 1.11 bits per heavy atom. The standard InChI is InChI=1S/C48H84O6/c1-4-7-10-13-16-19-21-22-23-24-25-26-27-30-32-35-38-41-47(50)53-44-45(43-52-46(49)40-37-34-31-28-18-15-12-9-6-3)54-48(51)42-39-36-33-29-20-17-14-11-8-5-2/h16,19,22-23,25-26,30,32,45H,4-15,17-18,20-21,24,27-29,31,33-44H2,1-3H3/b19-16-,23-22-,26-25-,32-30-/t45-/m1/s1. The van der Waals surface area contributed by atoms with Gasteiger partial charge in [0, 0.05) is 19.3 Å². The lowest BCUT2D eigenvalue weighted by molar-refractivity contribution is -0.167. The highest BCUT2D eigenvalue weighted by Crippen LogP contribution is 2.14. The summed E-state index contributed by atoms with van der Waals surface area (Å²) in [5.74, 6) is -0.951. The molecule has 0 heterocycles. The maximum Gasteiger partial charge on any atom is 0.306 e. The minimum Gasteiger partial charge on any atom is -0.462 e. The van der Waals surface area contributed by atoms with Gasteiger partial charge in [0.1, 0.15) is 13.2 Å². The minimum atomic E-state index is -0.787. The molecule has 312 valence electrons. The van der Waals surface area contributed by atoms with Crippen LogP contribution in [0.25, 0.3) is 0 Å². The topological polar surface area (TPSA) is 78.9 Å². The summed E-state index contributed by atoms with van der Waals surface area (Å²) in [5.41, 5.74) is 0. The first kappa shape index (κ1) is 51.4. The van der Waals surface area contributed by atoms with E-state index in [-0.39, 0.29) is 37.5 Å². The van der Waals surface area contributed by atoms with Crippen LogP contribution in [0, 0.1) is 0 Å². The van der Waals surface area contributed by atoms with Crippen LogP contribution in [-0.4, -0.2) is 37.2 Å². The fourth-order valence-corrected chi connectivity index (χ4v) is 6.14. The average molecular weight is 757 g/mol. The molecule has 0 aliphatic carbocycles.